The molecule has 6 heteroatoms. The number of hydrogen-bond donors (Lipinski definition) is 2. The second kappa shape index (κ2) is 10.0. The predicted molar refractivity (Wildman–Crippen MR) is 130 cm³/mol. The zero-order chi connectivity index (χ0) is 22.5. The van der Waals surface area contributed by atoms with Crippen molar-refractivity contribution in [2.75, 3.05) is 12.0 Å². The minimum atomic E-state index is -0.208. The first kappa shape index (κ1) is 22.1. The van der Waals surface area contributed by atoms with E-state index in [1.54, 1.807) is 13.2 Å². The van der Waals surface area contributed by atoms with E-state index in [0.29, 0.717) is 10.9 Å². The molecule has 1 unspecified atom stereocenters. The fourth-order valence-electron chi connectivity index (χ4n) is 4.31. The first-order chi connectivity index (χ1) is 15.6. The Morgan fingerprint density at radius 3 is 2.47 bits per heavy atom. The Morgan fingerprint density at radius 2 is 1.78 bits per heavy atom. The fraction of sp³-hybridized carbons (Fsp3) is 0.269. The average molecular weight is 451 g/mol. The molecule has 0 bridgehead atoms. The van der Waals surface area contributed by atoms with E-state index in [4.69, 9.17) is 17.0 Å². The second-order valence-corrected chi connectivity index (χ2v) is 8.39. The molecule has 0 aliphatic carbocycles. The fourth-order valence-corrected chi connectivity index (χ4v) is 4.68. The van der Waals surface area contributed by atoms with Gasteiger partial charge < -0.3 is 20.1 Å². The van der Waals surface area contributed by atoms with E-state index in [-0.39, 0.29) is 23.7 Å². The van der Waals surface area contributed by atoms with Crippen molar-refractivity contribution in [3.05, 3.63) is 89.7 Å². The number of methoxy groups -OCH3 is 1. The van der Waals surface area contributed by atoms with Gasteiger partial charge in [-0.1, -0.05) is 36.8 Å². The van der Waals surface area contributed by atoms with Crippen LogP contribution in [0.25, 0.3) is 0 Å². The van der Waals surface area contributed by atoms with E-state index in [2.05, 4.69) is 10.2 Å². The van der Waals surface area contributed by atoms with Crippen LogP contribution in [0.2, 0.25) is 0 Å². The number of aryl methyl sites for hydroxylation is 1. The van der Waals surface area contributed by atoms with Gasteiger partial charge >= 0.3 is 0 Å². The molecule has 1 aliphatic heterocycles. The summed E-state index contributed by atoms with van der Waals surface area (Å²) in [7, 11) is 1.58. The number of phenols is 1. The van der Waals surface area contributed by atoms with Crippen LogP contribution in [-0.2, 0) is 6.42 Å². The zero-order valence-corrected chi connectivity index (χ0v) is 18.8. The van der Waals surface area contributed by atoms with Crippen molar-refractivity contribution in [2.45, 2.75) is 37.8 Å². The molecule has 0 aromatic heterocycles. The summed E-state index contributed by atoms with van der Waals surface area (Å²) in [5.74, 6) is 0.598. The van der Waals surface area contributed by atoms with E-state index >= 15 is 0 Å². The molecule has 1 saturated heterocycles. The topological polar surface area (TPSA) is 44.7 Å². The van der Waals surface area contributed by atoms with Crippen LogP contribution in [0.5, 0.6) is 11.5 Å². The summed E-state index contributed by atoms with van der Waals surface area (Å²) in [5.41, 5.74) is 2.93. The van der Waals surface area contributed by atoms with Crippen molar-refractivity contribution in [1.82, 2.24) is 5.32 Å². The Morgan fingerprint density at radius 1 is 1.03 bits per heavy atom. The maximum absolute atomic E-state index is 13.1. The molecule has 32 heavy (non-hydrogen) atoms. The van der Waals surface area contributed by atoms with Crippen LogP contribution in [0.1, 0.15) is 36.4 Å². The molecule has 4 rings (SSSR count). The largest absolute Gasteiger partial charge is 0.507 e. The van der Waals surface area contributed by atoms with Gasteiger partial charge in [-0.05, 0) is 73.4 Å². The minimum absolute atomic E-state index is 0.0511. The van der Waals surface area contributed by atoms with Gasteiger partial charge in [-0.15, -0.1) is 0 Å². The van der Waals surface area contributed by atoms with Crippen molar-refractivity contribution in [2.24, 2.45) is 0 Å². The maximum atomic E-state index is 13.1. The average Bonchev–Trinajstić information content (AvgIpc) is 3.14. The van der Waals surface area contributed by atoms with Gasteiger partial charge in [0.2, 0.25) is 0 Å². The lowest BCUT2D eigenvalue weighted by Crippen LogP contribution is -2.29. The van der Waals surface area contributed by atoms with E-state index in [1.165, 1.54) is 12.1 Å². The number of hydrogen-bond acceptors (Lipinski definition) is 3. The van der Waals surface area contributed by atoms with Gasteiger partial charge in [0.15, 0.2) is 5.11 Å². The van der Waals surface area contributed by atoms with Gasteiger partial charge in [-0.3, -0.25) is 0 Å². The molecule has 3 aromatic carbocycles. The summed E-state index contributed by atoms with van der Waals surface area (Å²) in [5, 5.41) is 14.9. The number of aromatic hydroxyl groups is 1. The summed E-state index contributed by atoms with van der Waals surface area (Å²) in [4.78, 5) is 2.08. The maximum Gasteiger partial charge on any atom is 0.174 e. The van der Waals surface area contributed by atoms with E-state index in [9.17, 15) is 9.50 Å². The number of nitrogens with zero attached hydrogens (tertiary/aromatic N) is 1. The second-order valence-electron chi connectivity index (χ2n) is 8.00. The molecule has 1 fully saturated rings. The van der Waals surface area contributed by atoms with Gasteiger partial charge in [-0.2, -0.15) is 0 Å². The van der Waals surface area contributed by atoms with Crippen molar-refractivity contribution >= 4 is 23.0 Å². The highest BCUT2D eigenvalue weighted by Crippen LogP contribution is 2.40. The number of thiocarbonyl (C=S) groups is 1. The molecule has 166 valence electrons. The number of ether oxygens (including phenoxy) is 1. The molecule has 1 aliphatic rings. The number of benzene rings is 3. The number of anilines is 1. The Bertz CT molecular complexity index is 1060. The molecule has 4 nitrogen and oxygen atoms in total. The zero-order valence-electron chi connectivity index (χ0n) is 18.0. The Balaban J connectivity index is 1.53. The molecule has 0 amide bonds. The summed E-state index contributed by atoms with van der Waals surface area (Å²) in [6.07, 6.45) is 3.76. The van der Waals surface area contributed by atoms with Crippen LogP contribution in [0.15, 0.2) is 72.8 Å². The summed E-state index contributed by atoms with van der Waals surface area (Å²) < 4.78 is 18.4. The quantitative estimate of drug-likeness (QED) is 0.338. The normalized spacial score (nSPS) is 17.9. The lowest BCUT2D eigenvalue weighted by Gasteiger charge is -2.29. The molecule has 3 aromatic rings. The SMILES string of the molecule is COc1ccc([C@@H]2C(CCCCc3ccc(F)cc3)NC(=S)N2c2ccccc2)c(O)c1. The number of unbranched alkanes of at least 4 members (excludes halogenated alkanes) is 1. The Hall–Kier alpha value is -3.12. The third-order valence-electron chi connectivity index (χ3n) is 5.92. The van der Waals surface area contributed by atoms with Crippen LogP contribution >= 0.6 is 12.2 Å². The molecule has 1 heterocycles. The summed E-state index contributed by atoms with van der Waals surface area (Å²) >= 11 is 5.71. The molecule has 0 radical (unpaired) electrons. The van der Waals surface area contributed by atoms with Crippen LogP contribution in [-0.4, -0.2) is 23.4 Å². The first-order valence-electron chi connectivity index (χ1n) is 10.8. The smallest absolute Gasteiger partial charge is 0.174 e. The van der Waals surface area contributed by atoms with Gasteiger partial charge in [0.05, 0.1) is 19.2 Å². The number of rotatable bonds is 8. The van der Waals surface area contributed by atoms with Gasteiger partial charge in [-0.25, -0.2) is 4.39 Å². The van der Waals surface area contributed by atoms with Gasteiger partial charge in [0.1, 0.15) is 17.3 Å². The van der Waals surface area contributed by atoms with Crippen LogP contribution < -0.4 is 15.0 Å². The number of phenolic OH excluding ortho intramolecular Hbond substituents is 1. The molecule has 0 saturated carbocycles. The summed E-state index contributed by atoms with van der Waals surface area (Å²) in [6.45, 7) is 0. The first-order valence-corrected chi connectivity index (χ1v) is 11.2. The van der Waals surface area contributed by atoms with Crippen LogP contribution in [0, 0.1) is 5.82 Å². The van der Waals surface area contributed by atoms with Gasteiger partial charge in [0, 0.05) is 17.3 Å². The van der Waals surface area contributed by atoms with E-state index in [0.717, 1.165) is 42.5 Å². The van der Waals surface area contributed by atoms with Crippen molar-refractivity contribution < 1.29 is 14.2 Å². The minimum Gasteiger partial charge on any atom is -0.507 e. The predicted octanol–water partition coefficient (Wildman–Crippen LogP) is 5.76. The number of nitrogens with one attached hydrogen (secondary N) is 1. The van der Waals surface area contributed by atoms with E-state index < -0.39 is 0 Å². The highest BCUT2D eigenvalue weighted by atomic mass is 32.1. The van der Waals surface area contributed by atoms with Crippen LogP contribution in [0.3, 0.4) is 0 Å². The molecule has 2 atom stereocenters. The number of para-hydroxylation sites is 1. The van der Waals surface area contributed by atoms with Crippen LogP contribution in [0.4, 0.5) is 10.1 Å². The van der Waals surface area contributed by atoms with Gasteiger partial charge in [0.25, 0.3) is 0 Å². The lowest BCUT2D eigenvalue weighted by atomic mass is 9.93. The van der Waals surface area contributed by atoms with E-state index in [1.807, 2.05) is 54.6 Å². The van der Waals surface area contributed by atoms with Crippen molar-refractivity contribution in [1.29, 1.82) is 0 Å². The monoisotopic (exact) mass is 450 g/mol. The highest BCUT2D eigenvalue weighted by Gasteiger charge is 2.39. The molecule has 0 spiro atoms. The third-order valence-corrected chi connectivity index (χ3v) is 6.24. The number of halogens is 1. The highest BCUT2D eigenvalue weighted by molar-refractivity contribution is 7.80. The Kier molecular flexibility index (Phi) is 6.90. The molecule has 2 N–H and O–H groups in total. The Labute approximate surface area is 193 Å². The molecular formula is C26H27FN2O2S. The standard InChI is InChI=1S/C26H27FN2O2S/c1-31-21-15-16-22(24(30)17-21)25-23(10-6-5-7-18-11-13-19(27)14-12-18)28-26(32)29(25)20-8-3-2-4-9-20/h2-4,8-9,11-17,23,25,30H,5-7,10H2,1H3,(H,28,32)/t23?,25-/m1/s1. The lowest BCUT2D eigenvalue weighted by molar-refractivity contribution is 0.402. The summed E-state index contributed by atoms with van der Waals surface area (Å²) in [6, 6.07) is 22.0. The molecular weight excluding hydrogens is 423 g/mol. The van der Waals surface area contributed by atoms with Crippen molar-refractivity contribution in [3.8, 4) is 11.5 Å². The van der Waals surface area contributed by atoms with Crippen molar-refractivity contribution in [3.63, 3.8) is 0 Å². The third kappa shape index (κ3) is 4.86.